The second-order valence-corrected chi connectivity index (χ2v) is 6.62. The van der Waals surface area contributed by atoms with Crippen molar-refractivity contribution in [2.75, 3.05) is 0 Å². The Kier molecular flexibility index (Phi) is 4.17. The van der Waals surface area contributed by atoms with Crippen molar-refractivity contribution in [2.24, 2.45) is 0 Å². The van der Waals surface area contributed by atoms with Crippen LogP contribution in [0.3, 0.4) is 0 Å². The Morgan fingerprint density at radius 2 is 2.14 bits per heavy atom. The molecule has 1 aromatic carbocycles. The molecule has 0 saturated carbocycles. The minimum absolute atomic E-state index is 0.280. The maximum atomic E-state index is 12.0. The van der Waals surface area contributed by atoms with Gasteiger partial charge in [-0.3, -0.25) is 0 Å². The van der Waals surface area contributed by atoms with Gasteiger partial charge >= 0.3 is 5.97 Å². The molecule has 0 radical (unpaired) electrons. The van der Waals surface area contributed by atoms with E-state index >= 15 is 0 Å². The average Bonchev–Trinajstić information content (AvgIpc) is 3.16. The highest BCUT2D eigenvalue weighted by molar-refractivity contribution is 9.11. The van der Waals surface area contributed by atoms with E-state index in [-0.39, 0.29) is 12.6 Å². The van der Waals surface area contributed by atoms with Crippen molar-refractivity contribution in [3.05, 3.63) is 69.1 Å². The Bertz CT molecular complexity index is 735. The van der Waals surface area contributed by atoms with E-state index in [0.29, 0.717) is 5.56 Å². The third-order valence-corrected chi connectivity index (χ3v) is 4.42. The van der Waals surface area contributed by atoms with E-state index in [1.54, 1.807) is 34.3 Å². The zero-order valence-electron chi connectivity index (χ0n) is 10.9. The van der Waals surface area contributed by atoms with E-state index in [0.717, 1.165) is 15.0 Å². The monoisotopic (exact) mass is 362 g/mol. The van der Waals surface area contributed by atoms with Crippen molar-refractivity contribution in [1.29, 1.82) is 0 Å². The lowest BCUT2D eigenvalue weighted by Gasteiger charge is -2.05. The number of nitrogens with zero attached hydrogens (tertiary/aromatic N) is 2. The molecule has 6 heteroatoms. The summed E-state index contributed by atoms with van der Waals surface area (Å²) < 4.78 is 8.04. The third-order valence-electron chi connectivity index (χ3n) is 2.86. The summed E-state index contributed by atoms with van der Waals surface area (Å²) >= 11 is 4.95. The quantitative estimate of drug-likeness (QED) is 0.657. The zero-order valence-corrected chi connectivity index (χ0v) is 13.3. The first-order chi connectivity index (χ1) is 10.2. The van der Waals surface area contributed by atoms with Crippen LogP contribution in [0.15, 0.2) is 58.0 Å². The summed E-state index contributed by atoms with van der Waals surface area (Å²) in [6.45, 7) is 0.280. The fourth-order valence-electron chi connectivity index (χ4n) is 1.83. The van der Waals surface area contributed by atoms with Gasteiger partial charge in [-0.2, -0.15) is 5.10 Å². The van der Waals surface area contributed by atoms with Crippen LogP contribution in [0.2, 0.25) is 0 Å². The lowest BCUT2D eigenvalue weighted by molar-refractivity contribution is 0.0473. The molecule has 0 atom stereocenters. The molecule has 106 valence electrons. The molecular weight excluding hydrogens is 352 g/mol. The Hall–Kier alpha value is -1.92. The van der Waals surface area contributed by atoms with Crippen molar-refractivity contribution in [2.45, 2.75) is 6.61 Å². The number of aromatic nitrogens is 2. The number of hydrogen-bond acceptors (Lipinski definition) is 4. The predicted octanol–water partition coefficient (Wildman–Crippen LogP) is 4.05. The van der Waals surface area contributed by atoms with Gasteiger partial charge in [-0.1, -0.05) is 0 Å². The molecule has 2 aromatic heterocycles. The first-order valence-electron chi connectivity index (χ1n) is 6.22. The zero-order chi connectivity index (χ0) is 14.7. The SMILES string of the molecule is O=C(OCc1csc(Br)c1)c1ccc(-n2cccn2)cc1. The molecule has 3 aromatic rings. The van der Waals surface area contributed by atoms with Gasteiger partial charge in [0, 0.05) is 18.0 Å². The van der Waals surface area contributed by atoms with Crippen LogP contribution in [0, 0.1) is 0 Å². The summed E-state index contributed by atoms with van der Waals surface area (Å²) in [5.41, 5.74) is 2.41. The first kappa shape index (κ1) is 14.0. The first-order valence-corrected chi connectivity index (χ1v) is 7.90. The smallest absolute Gasteiger partial charge is 0.338 e. The normalized spacial score (nSPS) is 10.5. The largest absolute Gasteiger partial charge is 0.457 e. The van der Waals surface area contributed by atoms with Gasteiger partial charge in [-0.25, -0.2) is 9.48 Å². The molecule has 2 heterocycles. The molecule has 0 amide bonds. The van der Waals surface area contributed by atoms with E-state index in [1.807, 2.05) is 35.8 Å². The molecule has 3 rings (SSSR count). The van der Waals surface area contributed by atoms with Crippen LogP contribution >= 0.6 is 27.3 Å². The second kappa shape index (κ2) is 6.24. The number of carbonyl (C=O) groups is 1. The molecule has 0 aliphatic rings. The van der Waals surface area contributed by atoms with Crippen LogP contribution in [0.4, 0.5) is 0 Å². The molecule has 0 spiro atoms. The Morgan fingerprint density at radius 1 is 1.33 bits per heavy atom. The van der Waals surface area contributed by atoms with Gasteiger partial charge in [0.1, 0.15) is 6.61 Å². The van der Waals surface area contributed by atoms with E-state index in [4.69, 9.17) is 4.74 Å². The van der Waals surface area contributed by atoms with Gasteiger partial charge in [0.2, 0.25) is 0 Å². The molecule has 0 saturated heterocycles. The summed E-state index contributed by atoms with van der Waals surface area (Å²) in [5.74, 6) is -0.329. The number of hydrogen-bond donors (Lipinski definition) is 0. The van der Waals surface area contributed by atoms with Gasteiger partial charge in [0.15, 0.2) is 0 Å². The molecule has 0 aliphatic carbocycles. The third kappa shape index (κ3) is 3.40. The minimum atomic E-state index is -0.329. The highest BCUT2D eigenvalue weighted by atomic mass is 79.9. The maximum absolute atomic E-state index is 12.0. The number of rotatable bonds is 4. The van der Waals surface area contributed by atoms with Gasteiger partial charge in [-0.05, 0) is 57.7 Å². The van der Waals surface area contributed by atoms with E-state index in [2.05, 4.69) is 21.0 Å². The Balaban J connectivity index is 1.65. The number of esters is 1. The van der Waals surface area contributed by atoms with Gasteiger partial charge in [-0.15, -0.1) is 11.3 Å². The van der Waals surface area contributed by atoms with Crippen LogP contribution in [0.25, 0.3) is 5.69 Å². The standard InChI is InChI=1S/C15H11BrN2O2S/c16-14-8-11(10-21-14)9-20-15(19)12-2-4-13(5-3-12)18-7-1-6-17-18/h1-8,10H,9H2. The fraction of sp³-hybridized carbons (Fsp3) is 0.0667. The number of halogens is 1. The molecular formula is C15H11BrN2O2S. The molecule has 4 nitrogen and oxygen atoms in total. The molecule has 0 unspecified atom stereocenters. The van der Waals surface area contributed by atoms with Crippen LogP contribution in [-0.2, 0) is 11.3 Å². The Labute approximate surface area is 134 Å². The van der Waals surface area contributed by atoms with Crippen LogP contribution < -0.4 is 0 Å². The highest BCUT2D eigenvalue weighted by Gasteiger charge is 2.08. The second-order valence-electron chi connectivity index (χ2n) is 4.33. The Morgan fingerprint density at radius 3 is 2.76 bits per heavy atom. The predicted molar refractivity (Wildman–Crippen MR) is 84.7 cm³/mol. The number of thiophene rings is 1. The fourth-order valence-corrected chi connectivity index (χ4v) is 3.02. The molecule has 0 fully saturated rings. The van der Waals surface area contributed by atoms with Crippen molar-refractivity contribution in [1.82, 2.24) is 9.78 Å². The summed E-state index contributed by atoms with van der Waals surface area (Å²) in [6, 6.07) is 10.9. The summed E-state index contributed by atoms with van der Waals surface area (Å²) in [6.07, 6.45) is 3.56. The number of benzene rings is 1. The minimum Gasteiger partial charge on any atom is -0.457 e. The van der Waals surface area contributed by atoms with Crippen molar-refractivity contribution >= 4 is 33.2 Å². The molecule has 0 aliphatic heterocycles. The van der Waals surface area contributed by atoms with E-state index in [9.17, 15) is 4.79 Å². The van der Waals surface area contributed by atoms with Crippen LogP contribution in [-0.4, -0.2) is 15.7 Å². The highest BCUT2D eigenvalue weighted by Crippen LogP contribution is 2.21. The van der Waals surface area contributed by atoms with Crippen molar-refractivity contribution in [3.63, 3.8) is 0 Å². The molecule has 21 heavy (non-hydrogen) atoms. The van der Waals surface area contributed by atoms with Gasteiger partial charge < -0.3 is 4.74 Å². The summed E-state index contributed by atoms with van der Waals surface area (Å²) in [4.78, 5) is 12.0. The molecule has 0 bridgehead atoms. The summed E-state index contributed by atoms with van der Waals surface area (Å²) in [5, 5.41) is 6.09. The molecule has 0 N–H and O–H groups in total. The van der Waals surface area contributed by atoms with Gasteiger partial charge in [0.05, 0.1) is 15.0 Å². The van der Waals surface area contributed by atoms with Crippen molar-refractivity contribution in [3.8, 4) is 5.69 Å². The van der Waals surface area contributed by atoms with Crippen LogP contribution in [0.1, 0.15) is 15.9 Å². The van der Waals surface area contributed by atoms with Crippen LogP contribution in [0.5, 0.6) is 0 Å². The van der Waals surface area contributed by atoms with E-state index in [1.165, 1.54) is 0 Å². The lowest BCUT2D eigenvalue weighted by atomic mass is 10.2. The average molecular weight is 363 g/mol. The van der Waals surface area contributed by atoms with Gasteiger partial charge in [0.25, 0.3) is 0 Å². The van der Waals surface area contributed by atoms with Crippen molar-refractivity contribution < 1.29 is 9.53 Å². The lowest BCUT2D eigenvalue weighted by Crippen LogP contribution is -2.05. The summed E-state index contributed by atoms with van der Waals surface area (Å²) in [7, 11) is 0. The van der Waals surface area contributed by atoms with E-state index < -0.39 is 0 Å². The topological polar surface area (TPSA) is 44.1 Å². The number of ether oxygens (including phenoxy) is 1. The number of carbonyl (C=O) groups excluding carboxylic acids is 1. The maximum Gasteiger partial charge on any atom is 0.338 e.